The molecule has 0 fully saturated rings. The van der Waals surface area contributed by atoms with E-state index < -0.39 is 0 Å². The first-order valence-electron chi connectivity index (χ1n) is 2.75. The van der Waals surface area contributed by atoms with Gasteiger partial charge in [0.15, 0.2) is 0 Å². The normalized spacial score (nSPS) is 13.0. The van der Waals surface area contributed by atoms with Crippen LogP contribution in [0.15, 0.2) is 27.9 Å². The number of thiophene rings is 1. The van der Waals surface area contributed by atoms with Crippen LogP contribution in [0.3, 0.4) is 0 Å². The highest BCUT2D eigenvalue weighted by Crippen LogP contribution is 2.32. The van der Waals surface area contributed by atoms with Gasteiger partial charge in [0.2, 0.25) is 0 Å². The fraction of sp³-hybridized carbons (Fsp3) is 0.143. The molecule has 0 N–H and O–H groups in total. The molecule has 0 aliphatic carbocycles. The van der Waals surface area contributed by atoms with Crippen LogP contribution in [-0.4, -0.2) is 0 Å². The molecule has 1 heterocycles. The van der Waals surface area contributed by atoms with Crippen molar-refractivity contribution in [3.05, 3.63) is 33.5 Å². The van der Waals surface area contributed by atoms with Crippen LogP contribution in [0, 0.1) is 0 Å². The Kier molecular flexibility index (Phi) is 2.96. The summed E-state index contributed by atoms with van der Waals surface area (Å²) in [6.07, 6.45) is 1.72. The number of hydrogen-bond acceptors (Lipinski definition) is 1. The average molecular weight is 238 g/mol. The van der Waals surface area contributed by atoms with Gasteiger partial charge in [0.1, 0.15) is 0 Å². The van der Waals surface area contributed by atoms with E-state index in [1.807, 2.05) is 11.4 Å². The van der Waals surface area contributed by atoms with E-state index in [4.69, 9.17) is 11.6 Å². The van der Waals surface area contributed by atoms with E-state index >= 15 is 0 Å². The van der Waals surface area contributed by atoms with Crippen LogP contribution in [0.5, 0.6) is 0 Å². The van der Waals surface area contributed by atoms with E-state index in [9.17, 15) is 0 Å². The van der Waals surface area contributed by atoms with Crippen molar-refractivity contribution in [2.24, 2.45) is 0 Å². The molecule has 0 saturated carbocycles. The highest BCUT2D eigenvalue weighted by Gasteiger charge is 2.07. The predicted octanol–water partition coefficient (Wildman–Crippen LogP) is 3.98. The number of allylic oxidation sites excluding steroid dienone is 1. The molecule has 0 spiro atoms. The third kappa shape index (κ3) is 1.62. The van der Waals surface area contributed by atoms with E-state index in [2.05, 4.69) is 22.5 Å². The standard InChI is InChI=1S/C7H6BrClS/c1-2-6(9)5-3-4-10-7(5)8/h2-4,6H,1H2. The topological polar surface area (TPSA) is 0 Å². The van der Waals surface area contributed by atoms with Gasteiger partial charge in [-0.05, 0) is 32.9 Å². The number of hydrogen-bond donors (Lipinski definition) is 0. The van der Waals surface area contributed by atoms with Crippen molar-refractivity contribution in [2.75, 3.05) is 0 Å². The SMILES string of the molecule is C=CC(Cl)c1ccsc1Br. The van der Waals surface area contributed by atoms with Gasteiger partial charge in [0, 0.05) is 0 Å². The van der Waals surface area contributed by atoms with Crippen LogP contribution in [0.1, 0.15) is 10.9 Å². The second-order valence-electron chi connectivity index (χ2n) is 1.79. The Morgan fingerprint density at radius 2 is 2.50 bits per heavy atom. The summed E-state index contributed by atoms with van der Waals surface area (Å²) in [6, 6.07) is 1.99. The maximum atomic E-state index is 5.90. The first-order valence-corrected chi connectivity index (χ1v) is 4.86. The molecule has 1 aromatic rings. The minimum absolute atomic E-state index is 0.0689. The van der Waals surface area contributed by atoms with Crippen LogP contribution in [0.2, 0.25) is 0 Å². The Balaban J connectivity index is 2.92. The zero-order valence-corrected chi connectivity index (χ0v) is 8.34. The van der Waals surface area contributed by atoms with Crippen LogP contribution in [-0.2, 0) is 0 Å². The van der Waals surface area contributed by atoms with Crippen LogP contribution >= 0.6 is 38.9 Å². The lowest BCUT2D eigenvalue weighted by molar-refractivity contribution is 1.23. The Labute approximate surface area is 77.6 Å². The molecule has 1 aromatic heterocycles. The van der Waals surface area contributed by atoms with Gasteiger partial charge in [-0.2, -0.15) is 0 Å². The molecular weight excluding hydrogens is 232 g/mol. The molecule has 0 amide bonds. The van der Waals surface area contributed by atoms with Gasteiger partial charge in [0.05, 0.1) is 9.16 Å². The summed E-state index contributed by atoms with van der Waals surface area (Å²) in [6.45, 7) is 3.61. The van der Waals surface area contributed by atoms with Gasteiger partial charge >= 0.3 is 0 Å². The molecule has 1 unspecified atom stereocenters. The average Bonchev–Trinajstić information content (AvgIpc) is 2.34. The van der Waals surface area contributed by atoms with Crippen LogP contribution in [0.25, 0.3) is 0 Å². The second-order valence-corrected chi connectivity index (χ2v) is 4.49. The van der Waals surface area contributed by atoms with Gasteiger partial charge in [-0.25, -0.2) is 0 Å². The Morgan fingerprint density at radius 1 is 1.80 bits per heavy atom. The van der Waals surface area contributed by atoms with E-state index in [0.29, 0.717) is 0 Å². The van der Waals surface area contributed by atoms with Gasteiger partial charge in [-0.3, -0.25) is 0 Å². The lowest BCUT2D eigenvalue weighted by atomic mass is 10.2. The summed E-state index contributed by atoms with van der Waals surface area (Å²) >= 11 is 10.9. The number of rotatable bonds is 2. The molecule has 10 heavy (non-hydrogen) atoms. The quantitative estimate of drug-likeness (QED) is 0.539. The summed E-state index contributed by atoms with van der Waals surface area (Å²) in [7, 11) is 0. The van der Waals surface area contributed by atoms with E-state index in [1.54, 1.807) is 17.4 Å². The lowest BCUT2D eigenvalue weighted by Crippen LogP contribution is -1.80. The fourth-order valence-corrected chi connectivity index (χ4v) is 2.37. The maximum absolute atomic E-state index is 5.90. The Bertz CT molecular complexity index is 231. The molecular formula is C7H6BrClS. The van der Waals surface area contributed by atoms with Crippen LogP contribution < -0.4 is 0 Å². The minimum atomic E-state index is -0.0689. The van der Waals surface area contributed by atoms with E-state index in [0.717, 1.165) is 9.35 Å². The van der Waals surface area contributed by atoms with Crippen molar-refractivity contribution in [2.45, 2.75) is 5.38 Å². The van der Waals surface area contributed by atoms with E-state index in [1.165, 1.54) is 0 Å². The molecule has 1 atom stereocenters. The van der Waals surface area contributed by atoms with Gasteiger partial charge in [-0.1, -0.05) is 6.08 Å². The summed E-state index contributed by atoms with van der Waals surface area (Å²) in [5, 5.41) is 1.93. The largest absolute Gasteiger partial charge is 0.136 e. The van der Waals surface area contributed by atoms with Crippen molar-refractivity contribution in [3.63, 3.8) is 0 Å². The van der Waals surface area contributed by atoms with Crippen molar-refractivity contribution in [1.82, 2.24) is 0 Å². The predicted molar refractivity (Wildman–Crippen MR) is 50.8 cm³/mol. The molecule has 0 aliphatic heterocycles. The highest BCUT2D eigenvalue weighted by atomic mass is 79.9. The molecule has 1 rings (SSSR count). The highest BCUT2D eigenvalue weighted by molar-refractivity contribution is 9.11. The summed E-state index contributed by atoms with van der Waals surface area (Å²) in [4.78, 5) is 0. The molecule has 0 saturated heterocycles. The third-order valence-corrected chi connectivity index (χ3v) is 3.30. The van der Waals surface area contributed by atoms with Crippen LogP contribution in [0.4, 0.5) is 0 Å². The second kappa shape index (κ2) is 3.56. The summed E-state index contributed by atoms with van der Waals surface area (Å²) in [5.41, 5.74) is 1.10. The fourth-order valence-electron chi connectivity index (χ4n) is 0.628. The maximum Gasteiger partial charge on any atom is 0.0782 e. The van der Waals surface area contributed by atoms with Gasteiger partial charge in [0.25, 0.3) is 0 Å². The molecule has 3 heteroatoms. The minimum Gasteiger partial charge on any atom is -0.136 e. The number of alkyl halides is 1. The third-order valence-electron chi connectivity index (χ3n) is 1.15. The zero-order valence-electron chi connectivity index (χ0n) is 5.18. The summed E-state index contributed by atoms with van der Waals surface area (Å²) in [5.74, 6) is 0. The van der Waals surface area contributed by atoms with E-state index in [-0.39, 0.29) is 5.38 Å². The first kappa shape index (κ1) is 8.31. The summed E-state index contributed by atoms with van der Waals surface area (Å²) < 4.78 is 1.09. The molecule has 0 aromatic carbocycles. The smallest absolute Gasteiger partial charge is 0.0782 e. The molecule has 0 bridgehead atoms. The van der Waals surface area contributed by atoms with Crippen molar-refractivity contribution in [1.29, 1.82) is 0 Å². The van der Waals surface area contributed by atoms with Gasteiger partial charge < -0.3 is 0 Å². The Hall–Kier alpha value is 0.210. The lowest BCUT2D eigenvalue weighted by Gasteiger charge is -1.99. The first-order chi connectivity index (χ1) is 4.75. The van der Waals surface area contributed by atoms with Crippen molar-refractivity contribution in [3.8, 4) is 0 Å². The number of halogens is 2. The monoisotopic (exact) mass is 236 g/mol. The Morgan fingerprint density at radius 3 is 2.90 bits per heavy atom. The molecule has 0 aliphatic rings. The zero-order chi connectivity index (χ0) is 7.56. The van der Waals surface area contributed by atoms with Crippen molar-refractivity contribution < 1.29 is 0 Å². The molecule has 0 radical (unpaired) electrons. The van der Waals surface area contributed by atoms with Crippen molar-refractivity contribution >= 4 is 38.9 Å². The van der Waals surface area contributed by atoms with Gasteiger partial charge in [-0.15, -0.1) is 29.5 Å². The molecule has 54 valence electrons. The molecule has 0 nitrogen and oxygen atoms in total.